The first-order chi connectivity index (χ1) is 9.59. The second kappa shape index (κ2) is 5.96. The molecule has 2 aromatic carbocycles. The second-order valence-corrected chi connectivity index (χ2v) is 6.14. The first kappa shape index (κ1) is 14.4. The molecule has 4 nitrogen and oxygen atoms in total. The molecule has 0 heterocycles. The number of hydrogen-bond acceptors (Lipinski definition) is 3. The zero-order valence-corrected chi connectivity index (χ0v) is 12.4. The molecule has 0 saturated carbocycles. The first-order valence-corrected chi connectivity index (χ1v) is 7.89. The third kappa shape index (κ3) is 2.77. The van der Waals surface area contributed by atoms with Gasteiger partial charge in [-0.3, -0.25) is 4.31 Å². The van der Waals surface area contributed by atoms with E-state index < -0.39 is 10.0 Å². The Morgan fingerprint density at radius 1 is 1.00 bits per heavy atom. The van der Waals surface area contributed by atoms with Gasteiger partial charge in [0.25, 0.3) is 10.0 Å². The monoisotopic (exact) mass is 290 g/mol. The number of anilines is 2. The van der Waals surface area contributed by atoms with E-state index in [9.17, 15) is 8.42 Å². The Balaban J connectivity index is 2.41. The average Bonchev–Trinajstić information content (AvgIpc) is 2.49. The van der Waals surface area contributed by atoms with Crippen LogP contribution in [0, 0.1) is 0 Å². The van der Waals surface area contributed by atoms with E-state index in [1.54, 1.807) is 43.4 Å². The molecule has 0 aromatic heterocycles. The molecule has 0 aliphatic carbocycles. The van der Waals surface area contributed by atoms with Crippen LogP contribution < -0.4 is 9.62 Å². The topological polar surface area (TPSA) is 49.4 Å². The van der Waals surface area contributed by atoms with Gasteiger partial charge in [0, 0.05) is 19.3 Å². The van der Waals surface area contributed by atoms with Gasteiger partial charge in [-0.25, -0.2) is 8.42 Å². The number of rotatable bonds is 5. The van der Waals surface area contributed by atoms with Gasteiger partial charge in [0.15, 0.2) is 0 Å². The molecule has 0 aliphatic rings. The molecule has 0 amide bonds. The summed E-state index contributed by atoms with van der Waals surface area (Å²) in [5.74, 6) is 0. The van der Waals surface area contributed by atoms with Crippen molar-refractivity contribution in [1.82, 2.24) is 0 Å². The minimum absolute atomic E-state index is 0.294. The number of benzene rings is 2. The van der Waals surface area contributed by atoms with Crippen LogP contribution >= 0.6 is 0 Å². The summed E-state index contributed by atoms with van der Waals surface area (Å²) in [6, 6.07) is 15.9. The largest absolute Gasteiger partial charge is 0.388 e. The maximum Gasteiger partial charge on any atom is 0.264 e. The fourth-order valence-electron chi connectivity index (χ4n) is 2.01. The smallest absolute Gasteiger partial charge is 0.264 e. The first-order valence-electron chi connectivity index (χ1n) is 6.45. The Hall–Kier alpha value is -2.01. The highest BCUT2D eigenvalue weighted by molar-refractivity contribution is 7.92. The summed E-state index contributed by atoms with van der Waals surface area (Å²) in [6.07, 6.45) is 0. The third-order valence-corrected chi connectivity index (χ3v) is 4.98. The molecule has 2 aromatic rings. The van der Waals surface area contributed by atoms with Crippen molar-refractivity contribution < 1.29 is 8.42 Å². The molecule has 2 rings (SSSR count). The van der Waals surface area contributed by atoms with Crippen molar-refractivity contribution in [3.8, 4) is 0 Å². The molecule has 106 valence electrons. The summed E-state index contributed by atoms with van der Waals surface area (Å²) in [5, 5.41) is 2.97. The molecule has 0 radical (unpaired) electrons. The molecule has 0 aliphatic heterocycles. The molecule has 0 bridgehead atoms. The van der Waals surface area contributed by atoms with Crippen LogP contribution in [0.25, 0.3) is 0 Å². The predicted molar refractivity (Wildman–Crippen MR) is 82.6 cm³/mol. The lowest BCUT2D eigenvalue weighted by Gasteiger charge is -2.23. The van der Waals surface area contributed by atoms with Gasteiger partial charge in [-0.05, 0) is 43.3 Å². The molecule has 0 unspecified atom stereocenters. The number of para-hydroxylation sites is 1. The lowest BCUT2D eigenvalue weighted by Crippen LogP contribution is -2.30. The number of nitrogens with zero attached hydrogens (tertiary/aromatic N) is 1. The molecule has 20 heavy (non-hydrogen) atoms. The van der Waals surface area contributed by atoms with Crippen molar-refractivity contribution >= 4 is 21.4 Å². The molecule has 0 saturated heterocycles. The Labute approximate surface area is 120 Å². The van der Waals surface area contributed by atoms with Crippen LogP contribution in [-0.2, 0) is 10.0 Å². The van der Waals surface area contributed by atoms with Gasteiger partial charge in [0.1, 0.15) is 0 Å². The fourth-order valence-corrected chi connectivity index (χ4v) is 3.48. The summed E-state index contributed by atoms with van der Waals surface area (Å²) in [4.78, 5) is 0.294. The fraction of sp³-hybridized carbons (Fsp3) is 0.200. The highest BCUT2D eigenvalue weighted by atomic mass is 32.2. The van der Waals surface area contributed by atoms with Crippen molar-refractivity contribution in [1.29, 1.82) is 0 Å². The van der Waals surface area contributed by atoms with E-state index in [4.69, 9.17) is 0 Å². The van der Waals surface area contributed by atoms with Gasteiger partial charge >= 0.3 is 0 Å². The SMILES string of the molecule is CCN(c1ccccc1)S(=O)(=O)c1ccc(NC)cc1. The number of nitrogens with one attached hydrogen (secondary N) is 1. The van der Waals surface area contributed by atoms with Crippen molar-refractivity contribution in [3.05, 3.63) is 54.6 Å². The van der Waals surface area contributed by atoms with Crippen LogP contribution in [0.2, 0.25) is 0 Å². The maximum atomic E-state index is 12.7. The molecule has 0 spiro atoms. The lowest BCUT2D eigenvalue weighted by molar-refractivity contribution is 0.592. The highest BCUT2D eigenvalue weighted by Gasteiger charge is 2.23. The zero-order chi connectivity index (χ0) is 14.6. The summed E-state index contributed by atoms with van der Waals surface area (Å²) in [7, 11) is -1.73. The highest BCUT2D eigenvalue weighted by Crippen LogP contribution is 2.23. The van der Waals surface area contributed by atoms with E-state index in [1.165, 1.54) is 4.31 Å². The molecule has 0 fully saturated rings. The van der Waals surface area contributed by atoms with E-state index >= 15 is 0 Å². The van der Waals surface area contributed by atoms with Crippen molar-refractivity contribution in [2.75, 3.05) is 23.2 Å². The number of sulfonamides is 1. The Morgan fingerprint density at radius 3 is 2.10 bits per heavy atom. The summed E-state index contributed by atoms with van der Waals surface area (Å²) in [6.45, 7) is 2.21. The van der Waals surface area contributed by atoms with Crippen LogP contribution in [0.1, 0.15) is 6.92 Å². The zero-order valence-electron chi connectivity index (χ0n) is 11.6. The third-order valence-electron chi connectivity index (χ3n) is 3.06. The molecular formula is C15H18N2O2S. The Bertz CT molecular complexity index is 652. The van der Waals surface area contributed by atoms with E-state index in [2.05, 4.69) is 5.32 Å². The van der Waals surface area contributed by atoms with Crippen molar-refractivity contribution in [2.45, 2.75) is 11.8 Å². The van der Waals surface area contributed by atoms with Crippen LogP contribution in [0.3, 0.4) is 0 Å². The minimum Gasteiger partial charge on any atom is -0.388 e. The van der Waals surface area contributed by atoms with Gasteiger partial charge in [0.05, 0.1) is 10.6 Å². The molecule has 0 atom stereocenters. The predicted octanol–water partition coefficient (Wildman–Crippen LogP) is 2.94. The van der Waals surface area contributed by atoms with Crippen LogP contribution in [0.5, 0.6) is 0 Å². The van der Waals surface area contributed by atoms with Crippen LogP contribution in [0.4, 0.5) is 11.4 Å². The number of hydrogen-bond donors (Lipinski definition) is 1. The normalized spacial score (nSPS) is 11.1. The molecular weight excluding hydrogens is 272 g/mol. The molecule has 1 N–H and O–H groups in total. The lowest BCUT2D eigenvalue weighted by atomic mass is 10.3. The second-order valence-electron chi connectivity index (χ2n) is 4.28. The van der Waals surface area contributed by atoms with E-state index in [0.717, 1.165) is 5.69 Å². The average molecular weight is 290 g/mol. The van der Waals surface area contributed by atoms with Gasteiger partial charge in [0.2, 0.25) is 0 Å². The van der Waals surface area contributed by atoms with Gasteiger partial charge < -0.3 is 5.32 Å². The quantitative estimate of drug-likeness (QED) is 0.921. The van der Waals surface area contributed by atoms with Gasteiger partial charge in [-0.2, -0.15) is 0 Å². The molecule has 5 heteroatoms. The minimum atomic E-state index is -3.52. The summed E-state index contributed by atoms with van der Waals surface area (Å²) in [5.41, 5.74) is 1.56. The van der Waals surface area contributed by atoms with E-state index in [1.807, 2.05) is 25.1 Å². The summed E-state index contributed by atoms with van der Waals surface area (Å²) >= 11 is 0. The Morgan fingerprint density at radius 2 is 1.60 bits per heavy atom. The van der Waals surface area contributed by atoms with Gasteiger partial charge in [-0.15, -0.1) is 0 Å². The van der Waals surface area contributed by atoms with Gasteiger partial charge in [-0.1, -0.05) is 18.2 Å². The van der Waals surface area contributed by atoms with Crippen LogP contribution in [0.15, 0.2) is 59.5 Å². The summed E-state index contributed by atoms with van der Waals surface area (Å²) < 4.78 is 26.7. The standard InChI is InChI=1S/C15H18N2O2S/c1-3-17(14-7-5-4-6-8-14)20(18,19)15-11-9-13(16-2)10-12-15/h4-12,16H,3H2,1-2H3. The maximum absolute atomic E-state index is 12.7. The van der Waals surface area contributed by atoms with E-state index in [0.29, 0.717) is 17.1 Å². The van der Waals surface area contributed by atoms with Crippen molar-refractivity contribution in [3.63, 3.8) is 0 Å². The van der Waals surface area contributed by atoms with E-state index in [-0.39, 0.29) is 0 Å². The Kier molecular flexibility index (Phi) is 4.29. The van der Waals surface area contributed by atoms with Crippen molar-refractivity contribution in [2.24, 2.45) is 0 Å². The van der Waals surface area contributed by atoms with Crippen LogP contribution in [-0.4, -0.2) is 22.0 Å².